The number of carbonyl (C=O) groups is 1. The van der Waals surface area contributed by atoms with Gasteiger partial charge in [0.1, 0.15) is 0 Å². The predicted octanol–water partition coefficient (Wildman–Crippen LogP) is 0.546. The van der Waals surface area contributed by atoms with E-state index >= 15 is 0 Å². The van der Waals surface area contributed by atoms with E-state index in [2.05, 4.69) is 4.72 Å². The van der Waals surface area contributed by atoms with E-state index in [1.54, 1.807) is 0 Å². The van der Waals surface area contributed by atoms with E-state index in [1.807, 2.05) is 30.3 Å². The van der Waals surface area contributed by atoms with E-state index in [1.165, 1.54) is 0 Å². The van der Waals surface area contributed by atoms with Crippen LogP contribution in [0.5, 0.6) is 0 Å². The second-order valence-electron chi connectivity index (χ2n) is 4.13. The Morgan fingerprint density at radius 3 is 2.59 bits per heavy atom. The zero-order chi connectivity index (χ0) is 12.5. The van der Waals surface area contributed by atoms with Crippen LogP contribution < -0.4 is 4.72 Å². The van der Waals surface area contributed by atoms with Crippen LogP contribution in [0.1, 0.15) is 17.9 Å². The lowest BCUT2D eigenvalue weighted by atomic mass is 10.1. The van der Waals surface area contributed by atoms with Crippen molar-refractivity contribution >= 4 is 16.0 Å². The van der Waals surface area contributed by atoms with Crippen molar-refractivity contribution in [2.45, 2.75) is 18.4 Å². The highest BCUT2D eigenvalue weighted by atomic mass is 32.2. The lowest BCUT2D eigenvalue weighted by molar-refractivity contribution is -0.134. The number of carboxylic acids is 1. The van der Waals surface area contributed by atoms with Gasteiger partial charge in [0.25, 0.3) is 0 Å². The first-order valence-corrected chi connectivity index (χ1v) is 6.90. The van der Waals surface area contributed by atoms with E-state index in [0.29, 0.717) is 0 Å². The van der Waals surface area contributed by atoms with Gasteiger partial charge in [0.15, 0.2) is 5.75 Å². The van der Waals surface area contributed by atoms with Gasteiger partial charge in [-0.1, -0.05) is 30.3 Å². The van der Waals surface area contributed by atoms with Crippen LogP contribution in [-0.2, 0) is 14.8 Å². The molecule has 1 aliphatic rings. The molecule has 2 N–H and O–H groups in total. The summed E-state index contributed by atoms with van der Waals surface area (Å²) in [4.78, 5) is 10.3. The van der Waals surface area contributed by atoms with Crippen LogP contribution in [0.25, 0.3) is 0 Å². The van der Waals surface area contributed by atoms with Crippen LogP contribution in [0.2, 0.25) is 0 Å². The normalized spacial score (nSPS) is 23.3. The fourth-order valence-electron chi connectivity index (χ4n) is 1.83. The van der Waals surface area contributed by atoms with Gasteiger partial charge in [-0.25, -0.2) is 13.1 Å². The lowest BCUT2D eigenvalue weighted by Gasteiger charge is -2.03. The molecule has 1 aromatic carbocycles. The minimum Gasteiger partial charge on any atom is -0.480 e. The predicted molar refractivity (Wildman–Crippen MR) is 62.1 cm³/mol. The molecule has 17 heavy (non-hydrogen) atoms. The van der Waals surface area contributed by atoms with Gasteiger partial charge < -0.3 is 5.11 Å². The van der Waals surface area contributed by atoms with Crippen LogP contribution in [0.3, 0.4) is 0 Å². The highest BCUT2D eigenvalue weighted by Gasteiger charge is 2.41. The van der Waals surface area contributed by atoms with E-state index in [0.717, 1.165) is 12.0 Å². The molecule has 92 valence electrons. The summed E-state index contributed by atoms with van der Waals surface area (Å²) in [5, 5.41) is 8.45. The molecule has 6 heteroatoms. The van der Waals surface area contributed by atoms with Crippen LogP contribution in [-0.4, -0.2) is 31.3 Å². The number of hydrogen-bond donors (Lipinski definition) is 2. The second kappa shape index (κ2) is 4.46. The van der Waals surface area contributed by atoms with Crippen molar-refractivity contribution in [3.05, 3.63) is 35.9 Å². The largest absolute Gasteiger partial charge is 0.480 e. The quantitative estimate of drug-likeness (QED) is 0.804. The number of carboxylic acid groups (broad SMARTS) is 1. The maximum atomic E-state index is 11.4. The second-order valence-corrected chi connectivity index (χ2v) is 5.88. The zero-order valence-corrected chi connectivity index (χ0v) is 9.85. The minimum atomic E-state index is -3.71. The SMILES string of the molecule is O=C(O)CS(=O)(=O)NC1CC1c1ccccc1. The molecule has 1 fully saturated rings. The Morgan fingerprint density at radius 2 is 2.00 bits per heavy atom. The summed E-state index contributed by atoms with van der Waals surface area (Å²) in [7, 11) is -3.71. The highest BCUT2D eigenvalue weighted by Crippen LogP contribution is 2.40. The summed E-state index contributed by atoms with van der Waals surface area (Å²) in [6, 6.07) is 9.41. The molecule has 5 nitrogen and oxygen atoms in total. The molecule has 1 saturated carbocycles. The molecule has 1 aromatic rings. The summed E-state index contributed by atoms with van der Waals surface area (Å²) < 4.78 is 25.2. The average Bonchev–Trinajstić information content (AvgIpc) is 2.95. The molecule has 0 radical (unpaired) electrons. The Hall–Kier alpha value is -1.40. The third-order valence-electron chi connectivity index (χ3n) is 2.66. The van der Waals surface area contributed by atoms with Crippen LogP contribution in [0.4, 0.5) is 0 Å². The molecule has 0 aromatic heterocycles. The molecule has 0 amide bonds. The van der Waals surface area contributed by atoms with Gasteiger partial charge in [-0.3, -0.25) is 4.79 Å². The number of aliphatic carboxylic acids is 1. The van der Waals surface area contributed by atoms with Crippen LogP contribution in [0, 0.1) is 0 Å². The Kier molecular flexibility index (Phi) is 3.17. The number of rotatable bonds is 5. The van der Waals surface area contributed by atoms with Crippen molar-refractivity contribution in [1.82, 2.24) is 4.72 Å². The Morgan fingerprint density at radius 1 is 1.35 bits per heavy atom. The van der Waals surface area contributed by atoms with Gasteiger partial charge in [-0.05, 0) is 12.0 Å². The van der Waals surface area contributed by atoms with Crippen molar-refractivity contribution < 1.29 is 18.3 Å². The van der Waals surface area contributed by atoms with Crippen molar-refractivity contribution in [2.24, 2.45) is 0 Å². The first-order chi connectivity index (χ1) is 7.98. The van der Waals surface area contributed by atoms with Crippen molar-refractivity contribution in [1.29, 1.82) is 0 Å². The average molecular weight is 255 g/mol. The van der Waals surface area contributed by atoms with Gasteiger partial charge in [0, 0.05) is 12.0 Å². The number of sulfonamides is 1. The first kappa shape index (κ1) is 12.1. The molecule has 0 bridgehead atoms. The maximum absolute atomic E-state index is 11.4. The van der Waals surface area contributed by atoms with Gasteiger partial charge in [0.05, 0.1) is 0 Å². The molecule has 1 aliphatic carbocycles. The van der Waals surface area contributed by atoms with Crippen molar-refractivity contribution in [2.75, 3.05) is 5.75 Å². The van der Waals surface area contributed by atoms with E-state index in [-0.39, 0.29) is 12.0 Å². The Labute approximate surface area is 99.5 Å². The Bertz CT molecular complexity index is 512. The number of benzene rings is 1. The summed E-state index contributed by atoms with van der Waals surface area (Å²) in [5.74, 6) is -2.04. The third kappa shape index (κ3) is 3.28. The monoisotopic (exact) mass is 255 g/mol. The standard InChI is InChI=1S/C11H13NO4S/c13-11(14)7-17(15,16)12-10-6-9(10)8-4-2-1-3-5-8/h1-5,9-10,12H,6-7H2,(H,13,14). The summed E-state index contributed by atoms with van der Waals surface area (Å²) in [6.45, 7) is 0. The lowest BCUT2D eigenvalue weighted by Crippen LogP contribution is -2.32. The molecule has 2 unspecified atom stereocenters. The highest BCUT2D eigenvalue weighted by molar-refractivity contribution is 7.90. The van der Waals surface area contributed by atoms with Gasteiger partial charge in [-0.2, -0.15) is 0 Å². The van der Waals surface area contributed by atoms with E-state index in [9.17, 15) is 13.2 Å². The van der Waals surface area contributed by atoms with E-state index < -0.39 is 21.7 Å². The van der Waals surface area contributed by atoms with Crippen molar-refractivity contribution in [3.63, 3.8) is 0 Å². The maximum Gasteiger partial charge on any atom is 0.320 e. The summed E-state index contributed by atoms with van der Waals surface area (Å²) >= 11 is 0. The molecule has 0 aliphatic heterocycles. The smallest absolute Gasteiger partial charge is 0.320 e. The summed E-state index contributed by atoms with van der Waals surface area (Å²) in [5.41, 5.74) is 1.08. The molecule has 0 spiro atoms. The molecule has 0 saturated heterocycles. The first-order valence-electron chi connectivity index (χ1n) is 5.25. The topological polar surface area (TPSA) is 83.5 Å². The van der Waals surface area contributed by atoms with Crippen molar-refractivity contribution in [3.8, 4) is 0 Å². The number of hydrogen-bond acceptors (Lipinski definition) is 3. The molecular formula is C11H13NO4S. The van der Waals surface area contributed by atoms with Gasteiger partial charge >= 0.3 is 5.97 Å². The van der Waals surface area contributed by atoms with Crippen LogP contribution >= 0.6 is 0 Å². The molecule has 2 rings (SSSR count). The minimum absolute atomic E-state index is 0.165. The number of nitrogens with one attached hydrogen (secondary N) is 1. The van der Waals surface area contributed by atoms with Gasteiger partial charge in [0.2, 0.25) is 10.0 Å². The fraction of sp³-hybridized carbons (Fsp3) is 0.364. The molecular weight excluding hydrogens is 242 g/mol. The zero-order valence-electron chi connectivity index (χ0n) is 9.04. The fourth-order valence-corrected chi connectivity index (χ4v) is 2.96. The molecule has 2 atom stereocenters. The Balaban J connectivity index is 1.95. The summed E-state index contributed by atoms with van der Waals surface area (Å²) in [6.07, 6.45) is 0.725. The van der Waals surface area contributed by atoms with Gasteiger partial charge in [-0.15, -0.1) is 0 Å². The van der Waals surface area contributed by atoms with E-state index in [4.69, 9.17) is 5.11 Å². The molecule has 0 heterocycles. The third-order valence-corrected chi connectivity index (χ3v) is 3.95. The van der Waals surface area contributed by atoms with Crippen LogP contribution in [0.15, 0.2) is 30.3 Å².